The third-order valence-corrected chi connectivity index (χ3v) is 3.10. The summed E-state index contributed by atoms with van der Waals surface area (Å²) in [6.07, 6.45) is 2.67. The largest absolute Gasteiger partial charge is 0.464 e. The molecule has 1 aliphatic carbocycles. The number of carbonyl (C=O) groups excluding carboxylic acids is 1. The van der Waals surface area contributed by atoms with Crippen LogP contribution in [0.1, 0.15) is 32.6 Å². The lowest BCUT2D eigenvalue weighted by molar-refractivity contribution is -0.160. The van der Waals surface area contributed by atoms with Crippen LogP contribution < -0.4 is 5.73 Å². The van der Waals surface area contributed by atoms with Gasteiger partial charge in [-0.05, 0) is 19.8 Å². The van der Waals surface area contributed by atoms with Crippen LogP contribution in [0, 0.1) is 5.41 Å². The zero-order valence-electron chi connectivity index (χ0n) is 8.66. The van der Waals surface area contributed by atoms with E-state index in [-0.39, 0.29) is 0 Å². The summed E-state index contributed by atoms with van der Waals surface area (Å²) in [6.45, 7) is 2.39. The van der Waals surface area contributed by atoms with Gasteiger partial charge in [0.2, 0.25) is 0 Å². The van der Waals surface area contributed by atoms with Gasteiger partial charge in [-0.2, -0.15) is 0 Å². The minimum Gasteiger partial charge on any atom is -0.464 e. The molecule has 1 aliphatic rings. The van der Waals surface area contributed by atoms with E-state index in [0.717, 1.165) is 25.7 Å². The number of nitrogens with two attached hydrogens (primary N) is 1. The van der Waals surface area contributed by atoms with Crippen LogP contribution >= 0.6 is 0 Å². The van der Waals surface area contributed by atoms with Crippen LogP contribution in [0.4, 0.5) is 0 Å². The van der Waals surface area contributed by atoms with E-state index >= 15 is 0 Å². The molecular formula is C10H19NO3. The van der Waals surface area contributed by atoms with Crippen molar-refractivity contribution in [3.05, 3.63) is 0 Å². The summed E-state index contributed by atoms with van der Waals surface area (Å²) in [6, 6.07) is 0. The van der Waals surface area contributed by atoms with E-state index in [1.807, 2.05) is 0 Å². The first-order valence-corrected chi connectivity index (χ1v) is 5.21. The Hall–Kier alpha value is -0.610. The Balaban J connectivity index is 2.64. The summed E-state index contributed by atoms with van der Waals surface area (Å²) < 4.78 is 4.80. The van der Waals surface area contributed by atoms with Crippen molar-refractivity contribution in [3.63, 3.8) is 0 Å². The second-order valence-corrected chi connectivity index (χ2v) is 3.93. The number of hydrogen-bond acceptors (Lipinski definition) is 4. The van der Waals surface area contributed by atoms with Crippen LogP contribution in [0.3, 0.4) is 0 Å². The summed E-state index contributed by atoms with van der Waals surface area (Å²) in [5, 5.41) is 9.84. The Morgan fingerprint density at radius 1 is 1.57 bits per heavy atom. The first kappa shape index (κ1) is 11.5. The SMILES string of the molecule is CCOC(=O)C(O)C1(CN)CCCC1. The van der Waals surface area contributed by atoms with Crippen LogP contribution in [0.25, 0.3) is 0 Å². The van der Waals surface area contributed by atoms with Gasteiger partial charge in [-0.25, -0.2) is 4.79 Å². The molecule has 0 radical (unpaired) electrons. The third kappa shape index (κ3) is 2.07. The fourth-order valence-electron chi connectivity index (χ4n) is 2.14. The van der Waals surface area contributed by atoms with E-state index in [2.05, 4.69) is 0 Å². The summed E-state index contributed by atoms with van der Waals surface area (Å²) in [7, 11) is 0. The maximum absolute atomic E-state index is 11.4. The zero-order chi connectivity index (χ0) is 10.6. The fraction of sp³-hybridized carbons (Fsp3) is 0.900. The standard InChI is InChI=1S/C10H19NO3/c1-2-14-9(13)8(12)10(7-11)5-3-4-6-10/h8,12H,2-7,11H2,1H3. The Kier molecular flexibility index (Phi) is 3.89. The summed E-state index contributed by atoms with van der Waals surface area (Å²) >= 11 is 0. The molecule has 0 aliphatic heterocycles. The van der Waals surface area contributed by atoms with Crippen molar-refractivity contribution in [3.8, 4) is 0 Å². The monoisotopic (exact) mass is 201 g/mol. The number of hydrogen-bond donors (Lipinski definition) is 2. The van der Waals surface area contributed by atoms with Gasteiger partial charge >= 0.3 is 5.97 Å². The van der Waals surface area contributed by atoms with Crippen LogP contribution in [0.2, 0.25) is 0 Å². The molecule has 1 rings (SSSR count). The fourth-order valence-corrected chi connectivity index (χ4v) is 2.14. The highest BCUT2D eigenvalue weighted by atomic mass is 16.5. The van der Waals surface area contributed by atoms with Crippen LogP contribution in [-0.4, -0.2) is 30.3 Å². The molecule has 0 spiro atoms. The number of aliphatic hydroxyl groups excluding tert-OH is 1. The van der Waals surface area contributed by atoms with Crippen molar-refractivity contribution in [2.24, 2.45) is 11.1 Å². The van der Waals surface area contributed by atoms with Crippen molar-refractivity contribution in [2.45, 2.75) is 38.7 Å². The molecule has 0 aromatic heterocycles. The van der Waals surface area contributed by atoms with Gasteiger partial charge in [-0.1, -0.05) is 12.8 Å². The Bertz CT molecular complexity index is 200. The maximum atomic E-state index is 11.4. The van der Waals surface area contributed by atoms with Gasteiger partial charge in [0.05, 0.1) is 6.61 Å². The number of ether oxygens (including phenoxy) is 1. The quantitative estimate of drug-likeness (QED) is 0.647. The molecule has 14 heavy (non-hydrogen) atoms. The average molecular weight is 201 g/mol. The zero-order valence-corrected chi connectivity index (χ0v) is 8.66. The van der Waals surface area contributed by atoms with Gasteiger partial charge < -0.3 is 15.6 Å². The van der Waals surface area contributed by atoms with Crippen LogP contribution in [0.15, 0.2) is 0 Å². The number of aliphatic hydroxyl groups is 1. The lowest BCUT2D eigenvalue weighted by Crippen LogP contribution is -2.45. The Morgan fingerprint density at radius 2 is 2.14 bits per heavy atom. The molecule has 0 amide bonds. The Morgan fingerprint density at radius 3 is 2.57 bits per heavy atom. The van der Waals surface area contributed by atoms with Gasteiger partial charge in [-0.3, -0.25) is 0 Å². The minimum atomic E-state index is -1.05. The van der Waals surface area contributed by atoms with E-state index in [0.29, 0.717) is 13.2 Å². The second kappa shape index (κ2) is 4.75. The average Bonchev–Trinajstić information content (AvgIpc) is 2.66. The van der Waals surface area contributed by atoms with Gasteiger partial charge in [0.25, 0.3) is 0 Å². The number of rotatable bonds is 4. The second-order valence-electron chi connectivity index (χ2n) is 3.93. The van der Waals surface area contributed by atoms with Crippen LogP contribution in [-0.2, 0) is 9.53 Å². The van der Waals surface area contributed by atoms with Crippen molar-refractivity contribution in [1.29, 1.82) is 0 Å². The van der Waals surface area contributed by atoms with Crippen molar-refractivity contribution >= 4 is 5.97 Å². The van der Waals surface area contributed by atoms with E-state index in [1.165, 1.54) is 0 Å². The molecule has 0 bridgehead atoms. The first-order chi connectivity index (χ1) is 6.66. The molecule has 0 saturated heterocycles. The smallest absolute Gasteiger partial charge is 0.335 e. The minimum absolute atomic E-state index is 0.302. The maximum Gasteiger partial charge on any atom is 0.335 e. The summed E-state index contributed by atoms with van der Waals surface area (Å²) in [4.78, 5) is 11.4. The highest BCUT2D eigenvalue weighted by Crippen LogP contribution is 2.40. The van der Waals surface area contributed by atoms with Gasteiger partial charge in [0.15, 0.2) is 6.10 Å². The predicted molar refractivity (Wildman–Crippen MR) is 52.6 cm³/mol. The molecule has 3 N–H and O–H groups in total. The molecule has 1 unspecified atom stereocenters. The molecule has 1 atom stereocenters. The van der Waals surface area contributed by atoms with E-state index in [9.17, 15) is 9.90 Å². The van der Waals surface area contributed by atoms with Gasteiger partial charge in [0, 0.05) is 12.0 Å². The van der Waals surface area contributed by atoms with E-state index < -0.39 is 17.5 Å². The molecule has 0 aromatic carbocycles. The van der Waals surface area contributed by atoms with Crippen molar-refractivity contribution < 1.29 is 14.6 Å². The number of esters is 1. The number of carbonyl (C=O) groups is 1. The van der Waals surface area contributed by atoms with Crippen molar-refractivity contribution in [1.82, 2.24) is 0 Å². The molecule has 1 saturated carbocycles. The van der Waals surface area contributed by atoms with Crippen LogP contribution in [0.5, 0.6) is 0 Å². The highest BCUT2D eigenvalue weighted by molar-refractivity contribution is 5.75. The summed E-state index contributed by atoms with van der Waals surface area (Å²) in [5.41, 5.74) is 5.21. The van der Waals surface area contributed by atoms with Gasteiger partial charge in [-0.15, -0.1) is 0 Å². The van der Waals surface area contributed by atoms with E-state index in [4.69, 9.17) is 10.5 Å². The third-order valence-electron chi connectivity index (χ3n) is 3.10. The predicted octanol–water partition coefficient (Wildman–Crippen LogP) is 0.429. The molecule has 0 aromatic rings. The molecule has 4 nitrogen and oxygen atoms in total. The van der Waals surface area contributed by atoms with Gasteiger partial charge in [0.1, 0.15) is 0 Å². The first-order valence-electron chi connectivity index (χ1n) is 5.21. The topological polar surface area (TPSA) is 72.5 Å². The van der Waals surface area contributed by atoms with E-state index in [1.54, 1.807) is 6.92 Å². The Labute approximate surface area is 84.4 Å². The van der Waals surface area contributed by atoms with Crippen molar-refractivity contribution in [2.75, 3.05) is 13.2 Å². The molecule has 1 fully saturated rings. The molecule has 82 valence electrons. The molecular weight excluding hydrogens is 182 g/mol. The normalized spacial score (nSPS) is 21.9. The molecule has 0 heterocycles. The summed E-state index contributed by atoms with van der Waals surface area (Å²) in [5.74, 6) is -0.528. The highest BCUT2D eigenvalue weighted by Gasteiger charge is 2.43. The molecule has 4 heteroatoms. The lowest BCUT2D eigenvalue weighted by atomic mass is 9.80. The lowest BCUT2D eigenvalue weighted by Gasteiger charge is -2.30.